The van der Waals surface area contributed by atoms with E-state index in [-0.39, 0.29) is 12.4 Å². The molecular weight excluding hydrogens is 184 g/mol. The molecule has 0 unspecified atom stereocenters. The summed E-state index contributed by atoms with van der Waals surface area (Å²) in [4.78, 5) is 0. The Bertz CT molecular complexity index is 321. The molecule has 1 rings (SSSR count). The third-order valence-corrected chi connectivity index (χ3v) is 2.04. The Hall–Kier alpha value is -1.22. The summed E-state index contributed by atoms with van der Waals surface area (Å²) in [5.74, 6) is -0.263. The molecule has 14 heavy (non-hydrogen) atoms. The third kappa shape index (κ3) is 3.26. The highest BCUT2D eigenvalue weighted by molar-refractivity contribution is 5.18. The summed E-state index contributed by atoms with van der Waals surface area (Å²) in [5, 5.41) is 0. The maximum atomic E-state index is 12.7. The molecule has 3 heteroatoms. The topological polar surface area (TPSA) is 26.0 Å². The molecule has 1 aromatic carbocycles. The molecule has 0 saturated heterocycles. The first-order valence-electron chi connectivity index (χ1n) is 4.49. The maximum Gasteiger partial charge on any atom is 0.123 e. The van der Waals surface area contributed by atoms with Gasteiger partial charge < -0.3 is 5.73 Å². The van der Waals surface area contributed by atoms with Crippen molar-refractivity contribution in [3.8, 4) is 0 Å². The molecule has 0 spiro atoms. The number of hydrogen-bond donors (Lipinski definition) is 1. The number of hydrogen-bond acceptors (Lipinski definition) is 1. The maximum absolute atomic E-state index is 12.7. The van der Waals surface area contributed by atoms with Crippen molar-refractivity contribution in [2.45, 2.75) is 12.8 Å². The summed E-state index contributed by atoms with van der Waals surface area (Å²) in [6.45, 7) is 0.214. The SMILES string of the molecule is NC/C(=C\F)CCc1cccc(F)c1. The van der Waals surface area contributed by atoms with Gasteiger partial charge in [-0.1, -0.05) is 12.1 Å². The number of rotatable bonds is 4. The van der Waals surface area contributed by atoms with Crippen LogP contribution in [0.1, 0.15) is 12.0 Å². The van der Waals surface area contributed by atoms with E-state index in [1.54, 1.807) is 6.07 Å². The highest BCUT2D eigenvalue weighted by Crippen LogP contribution is 2.10. The Morgan fingerprint density at radius 2 is 2.21 bits per heavy atom. The van der Waals surface area contributed by atoms with E-state index in [2.05, 4.69) is 0 Å². The molecular formula is C11H13F2N. The minimum absolute atomic E-state index is 0.214. The van der Waals surface area contributed by atoms with E-state index in [9.17, 15) is 8.78 Å². The Kier molecular flexibility index (Phi) is 4.26. The summed E-state index contributed by atoms with van der Waals surface area (Å²) in [6, 6.07) is 6.30. The minimum atomic E-state index is -0.263. The van der Waals surface area contributed by atoms with Crippen molar-refractivity contribution in [1.29, 1.82) is 0 Å². The molecule has 0 heterocycles. The molecule has 76 valence electrons. The normalized spacial score (nSPS) is 11.8. The van der Waals surface area contributed by atoms with Crippen LogP contribution in [-0.2, 0) is 6.42 Å². The van der Waals surface area contributed by atoms with Gasteiger partial charge in [0.1, 0.15) is 5.82 Å². The van der Waals surface area contributed by atoms with Crippen molar-refractivity contribution < 1.29 is 8.78 Å². The minimum Gasteiger partial charge on any atom is -0.327 e. The molecule has 0 fully saturated rings. The molecule has 0 aliphatic heterocycles. The Morgan fingerprint density at radius 1 is 1.43 bits per heavy atom. The van der Waals surface area contributed by atoms with Gasteiger partial charge in [0.25, 0.3) is 0 Å². The van der Waals surface area contributed by atoms with Crippen LogP contribution in [0.4, 0.5) is 8.78 Å². The lowest BCUT2D eigenvalue weighted by Crippen LogP contribution is -2.03. The molecule has 1 aromatic rings. The first kappa shape index (κ1) is 10.9. The van der Waals surface area contributed by atoms with Crippen molar-refractivity contribution in [2.24, 2.45) is 5.73 Å². The van der Waals surface area contributed by atoms with E-state index < -0.39 is 0 Å². The Labute approximate surface area is 82.2 Å². The first-order chi connectivity index (χ1) is 6.76. The summed E-state index contributed by atoms with van der Waals surface area (Å²) < 4.78 is 24.9. The first-order valence-corrected chi connectivity index (χ1v) is 4.49. The highest BCUT2D eigenvalue weighted by Gasteiger charge is 1.98. The molecule has 0 atom stereocenters. The molecule has 0 amide bonds. The quantitative estimate of drug-likeness (QED) is 0.788. The smallest absolute Gasteiger partial charge is 0.123 e. The molecule has 2 N–H and O–H groups in total. The van der Waals surface area contributed by atoms with E-state index >= 15 is 0 Å². The second kappa shape index (κ2) is 5.50. The lowest BCUT2D eigenvalue weighted by atomic mass is 10.1. The van der Waals surface area contributed by atoms with Crippen LogP contribution in [0.3, 0.4) is 0 Å². The Morgan fingerprint density at radius 3 is 2.79 bits per heavy atom. The van der Waals surface area contributed by atoms with Crippen LogP contribution in [-0.4, -0.2) is 6.54 Å². The van der Waals surface area contributed by atoms with E-state index in [0.29, 0.717) is 24.7 Å². The predicted octanol–water partition coefficient (Wildman–Crippen LogP) is 2.57. The zero-order chi connectivity index (χ0) is 10.4. The fourth-order valence-corrected chi connectivity index (χ4v) is 1.20. The number of benzene rings is 1. The molecule has 0 aromatic heterocycles. The highest BCUT2D eigenvalue weighted by atomic mass is 19.1. The zero-order valence-electron chi connectivity index (χ0n) is 7.84. The van der Waals surface area contributed by atoms with Gasteiger partial charge in [-0.15, -0.1) is 0 Å². The van der Waals surface area contributed by atoms with Gasteiger partial charge in [-0.2, -0.15) is 0 Å². The van der Waals surface area contributed by atoms with Crippen LogP contribution in [0.25, 0.3) is 0 Å². The van der Waals surface area contributed by atoms with Crippen LogP contribution in [0.2, 0.25) is 0 Å². The van der Waals surface area contributed by atoms with Crippen LogP contribution in [0.15, 0.2) is 36.2 Å². The summed E-state index contributed by atoms with van der Waals surface area (Å²) in [7, 11) is 0. The number of halogens is 2. The van der Waals surface area contributed by atoms with Gasteiger partial charge >= 0.3 is 0 Å². The number of nitrogens with two attached hydrogens (primary N) is 1. The second-order valence-corrected chi connectivity index (χ2v) is 3.10. The molecule has 0 aliphatic carbocycles. The van der Waals surface area contributed by atoms with E-state index in [4.69, 9.17) is 5.73 Å². The summed E-state index contributed by atoms with van der Waals surface area (Å²) >= 11 is 0. The second-order valence-electron chi connectivity index (χ2n) is 3.10. The Balaban J connectivity index is 2.53. The van der Waals surface area contributed by atoms with Crippen LogP contribution >= 0.6 is 0 Å². The summed E-state index contributed by atoms with van der Waals surface area (Å²) in [6.07, 6.45) is 1.68. The van der Waals surface area contributed by atoms with E-state index in [0.717, 1.165) is 5.56 Å². The van der Waals surface area contributed by atoms with Crippen molar-refractivity contribution >= 4 is 0 Å². The van der Waals surface area contributed by atoms with Crippen molar-refractivity contribution in [1.82, 2.24) is 0 Å². The fourth-order valence-electron chi connectivity index (χ4n) is 1.20. The molecule has 0 saturated carbocycles. The average Bonchev–Trinajstić information content (AvgIpc) is 2.19. The van der Waals surface area contributed by atoms with Gasteiger partial charge in [0.2, 0.25) is 0 Å². The average molecular weight is 197 g/mol. The van der Waals surface area contributed by atoms with E-state index in [1.165, 1.54) is 12.1 Å². The number of aryl methyl sites for hydroxylation is 1. The summed E-state index contributed by atoms with van der Waals surface area (Å²) in [5.41, 5.74) is 6.70. The van der Waals surface area contributed by atoms with Gasteiger partial charge in [-0.3, -0.25) is 0 Å². The lowest BCUT2D eigenvalue weighted by Gasteiger charge is -2.02. The third-order valence-electron chi connectivity index (χ3n) is 2.04. The predicted molar refractivity (Wildman–Crippen MR) is 53.0 cm³/mol. The monoisotopic (exact) mass is 197 g/mol. The van der Waals surface area contributed by atoms with Crippen molar-refractivity contribution in [3.63, 3.8) is 0 Å². The molecule has 0 radical (unpaired) electrons. The van der Waals surface area contributed by atoms with Gasteiger partial charge in [0.05, 0.1) is 6.33 Å². The van der Waals surface area contributed by atoms with Crippen molar-refractivity contribution in [2.75, 3.05) is 6.54 Å². The van der Waals surface area contributed by atoms with Gasteiger partial charge in [-0.25, -0.2) is 8.78 Å². The van der Waals surface area contributed by atoms with Crippen LogP contribution < -0.4 is 5.73 Å². The van der Waals surface area contributed by atoms with Gasteiger partial charge in [0, 0.05) is 6.54 Å². The molecule has 1 nitrogen and oxygen atoms in total. The van der Waals surface area contributed by atoms with Crippen LogP contribution in [0, 0.1) is 5.82 Å². The molecule has 0 aliphatic rings. The van der Waals surface area contributed by atoms with E-state index in [1.807, 2.05) is 6.07 Å². The zero-order valence-corrected chi connectivity index (χ0v) is 7.84. The van der Waals surface area contributed by atoms with Gasteiger partial charge in [0.15, 0.2) is 0 Å². The largest absolute Gasteiger partial charge is 0.327 e. The van der Waals surface area contributed by atoms with Crippen LogP contribution in [0.5, 0.6) is 0 Å². The van der Waals surface area contributed by atoms with Gasteiger partial charge in [-0.05, 0) is 36.1 Å². The fraction of sp³-hybridized carbons (Fsp3) is 0.273. The van der Waals surface area contributed by atoms with Crippen molar-refractivity contribution in [3.05, 3.63) is 47.5 Å². The lowest BCUT2D eigenvalue weighted by molar-refractivity contribution is 0.625. The molecule has 0 bridgehead atoms. The standard InChI is InChI=1S/C11H13F2N/c12-7-10(8-14)5-4-9-2-1-3-11(13)6-9/h1-3,6-7H,4-5,8,14H2/b10-7-.